The number of halogens is 1. The zero-order chi connectivity index (χ0) is 25.0. The lowest BCUT2D eigenvalue weighted by Gasteiger charge is -2.24. The molecule has 1 amide bonds. The fourth-order valence-electron chi connectivity index (χ4n) is 3.40. The largest absolute Gasteiger partial charge is 0.271 e. The van der Waals surface area contributed by atoms with Crippen molar-refractivity contribution in [2.75, 3.05) is 10.8 Å². The van der Waals surface area contributed by atoms with Crippen LogP contribution in [0.1, 0.15) is 16.7 Å². The van der Waals surface area contributed by atoms with Gasteiger partial charge >= 0.3 is 0 Å². The second-order valence-corrected chi connectivity index (χ2v) is 10.2. The molecule has 0 aliphatic heterocycles. The van der Waals surface area contributed by atoms with Gasteiger partial charge in [0.15, 0.2) is 0 Å². The van der Waals surface area contributed by atoms with Gasteiger partial charge in [0.1, 0.15) is 11.7 Å². The van der Waals surface area contributed by atoms with E-state index in [9.17, 15) is 13.2 Å². The summed E-state index contributed by atoms with van der Waals surface area (Å²) in [5, 5.41) is 5.08. The molecule has 0 radical (unpaired) electrons. The number of benzene rings is 3. The molecule has 3 aromatic carbocycles. The summed E-state index contributed by atoms with van der Waals surface area (Å²) in [6.07, 6.45) is 1.38. The van der Waals surface area contributed by atoms with E-state index in [1.165, 1.54) is 18.3 Å². The van der Waals surface area contributed by atoms with Crippen molar-refractivity contribution in [1.29, 1.82) is 0 Å². The van der Waals surface area contributed by atoms with Gasteiger partial charge in [-0.25, -0.2) is 18.8 Å². The lowest BCUT2D eigenvalue weighted by Crippen LogP contribution is -2.39. The van der Waals surface area contributed by atoms with E-state index in [-0.39, 0.29) is 10.0 Å². The Hall–Kier alpha value is -3.75. The Morgan fingerprint density at radius 3 is 2.31 bits per heavy atom. The number of anilines is 1. The van der Waals surface area contributed by atoms with Crippen LogP contribution in [0.15, 0.2) is 88.9 Å². The number of nitrogens with zero attached hydrogens (tertiary/aromatic N) is 3. The Balaban J connectivity index is 1.56. The molecule has 7 nitrogen and oxygen atoms in total. The average molecular weight is 507 g/mol. The van der Waals surface area contributed by atoms with Crippen LogP contribution in [0.3, 0.4) is 0 Å². The summed E-state index contributed by atoms with van der Waals surface area (Å²) in [5.74, 6) is -0.609. The first kappa shape index (κ1) is 24.4. The Morgan fingerprint density at radius 2 is 1.63 bits per heavy atom. The molecule has 0 spiro atoms. The maximum atomic E-state index is 13.4. The Labute approximate surface area is 209 Å². The molecule has 0 unspecified atom stereocenters. The summed E-state index contributed by atoms with van der Waals surface area (Å²) < 4.78 is 27.9. The molecule has 0 bridgehead atoms. The molecule has 4 rings (SSSR count). The quantitative estimate of drug-likeness (QED) is 0.220. The minimum atomic E-state index is -4.00. The molecule has 0 fully saturated rings. The van der Waals surface area contributed by atoms with E-state index in [0.29, 0.717) is 11.3 Å². The number of fused-ring (bicyclic) bond motifs is 1. The number of hydrogen-bond acceptors (Lipinski definition) is 5. The number of rotatable bonds is 7. The van der Waals surface area contributed by atoms with Crippen molar-refractivity contribution < 1.29 is 13.2 Å². The van der Waals surface area contributed by atoms with Crippen molar-refractivity contribution >= 4 is 50.3 Å². The molecule has 0 saturated heterocycles. The number of aryl methyl sites for hydroxylation is 2. The highest BCUT2D eigenvalue weighted by Gasteiger charge is 2.27. The van der Waals surface area contributed by atoms with Crippen LogP contribution in [-0.4, -0.2) is 32.1 Å². The highest BCUT2D eigenvalue weighted by molar-refractivity contribution is 7.92. The third kappa shape index (κ3) is 5.67. The van der Waals surface area contributed by atoms with Crippen LogP contribution in [0.25, 0.3) is 10.9 Å². The molecule has 178 valence electrons. The number of aromatic nitrogens is 1. The smallest absolute Gasteiger partial charge is 0.264 e. The van der Waals surface area contributed by atoms with Crippen LogP contribution >= 0.6 is 11.6 Å². The van der Waals surface area contributed by atoms with E-state index >= 15 is 0 Å². The number of carbonyl (C=O) groups is 1. The van der Waals surface area contributed by atoms with Gasteiger partial charge < -0.3 is 0 Å². The highest BCUT2D eigenvalue weighted by atomic mass is 35.5. The SMILES string of the molecule is Cc1ccc(N(CC(=O)N/N=C\c2cc3ccccc3nc2Cl)S(=O)(=O)c2ccc(C)cc2)cc1. The summed E-state index contributed by atoms with van der Waals surface area (Å²) >= 11 is 6.23. The lowest BCUT2D eigenvalue weighted by molar-refractivity contribution is -0.119. The van der Waals surface area contributed by atoms with Crippen LogP contribution < -0.4 is 9.73 Å². The third-order valence-electron chi connectivity index (χ3n) is 5.32. The molecular weight excluding hydrogens is 484 g/mol. The van der Waals surface area contributed by atoms with E-state index in [1.54, 1.807) is 42.5 Å². The molecule has 0 atom stereocenters. The second-order valence-electron chi connectivity index (χ2n) is 8.01. The van der Waals surface area contributed by atoms with Crippen LogP contribution in [0.4, 0.5) is 5.69 Å². The van der Waals surface area contributed by atoms with E-state index in [4.69, 9.17) is 11.6 Å². The second kappa shape index (κ2) is 10.2. The fraction of sp³-hybridized carbons (Fsp3) is 0.115. The molecule has 9 heteroatoms. The van der Waals surface area contributed by atoms with Gasteiger partial charge in [-0.2, -0.15) is 5.10 Å². The van der Waals surface area contributed by atoms with Gasteiger partial charge in [-0.15, -0.1) is 0 Å². The van der Waals surface area contributed by atoms with Crippen LogP contribution in [0.2, 0.25) is 5.15 Å². The number of pyridine rings is 1. The lowest BCUT2D eigenvalue weighted by atomic mass is 10.2. The standard InChI is InChI=1S/C26H23ClN4O3S/c1-18-7-11-22(12-8-18)31(35(33,34)23-13-9-19(2)10-14-23)17-25(32)30-28-16-21-15-20-5-3-4-6-24(20)29-26(21)27/h3-16H,17H2,1-2H3,(H,30,32)/b28-16-. The summed E-state index contributed by atoms with van der Waals surface area (Å²) in [4.78, 5) is 17.1. The molecular formula is C26H23ClN4O3S. The van der Waals surface area contributed by atoms with Gasteiger partial charge in [0, 0.05) is 10.9 Å². The molecule has 0 aliphatic rings. The maximum absolute atomic E-state index is 13.4. The van der Waals surface area contributed by atoms with E-state index < -0.39 is 22.5 Å². The number of nitrogens with one attached hydrogen (secondary N) is 1. The van der Waals surface area contributed by atoms with Gasteiger partial charge in [0.25, 0.3) is 15.9 Å². The average Bonchev–Trinajstić information content (AvgIpc) is 2.84. The summed E-state index contributed by atoms with van der Waals surface area (Å²) in [6, 6.07) is 22.7. The zero-order valence-corrected chi connectivity index (χ0v) is 20.7. The zero-order valence-electron chi connectivity index (χ0n) is 19.1. The van der Waals surface area contributed by atoms with E-state index in [0.717, 1.165) is 26.3 Å². The molecule has 0 saturated carbocycles. The summed E-state index contributed by atoms with van der Waals surface area (Å²) in [5.41, 5.74) is 5.93. The van der Waals surface area contributed by atoms with Crippen LogP contribution in [-0.2, 0) is 14.8 Å². The van der Waals surface area contributed by atoms with E-state index in [2.05, 4.69) is 15.5 Å². The Morgan fingerprint density at radius 1 is 1.00 bits per heavy atom. The molecule has 1 N–H and O–H groups in total. The number of para-hydroxylation sites is 1. The van der Waals surface area contributed by atoms with Crippen molar-refractivity contribution in [3.63, 3.8) is 0 Å². The van der Waals surface area contributed by atoms with Crippen molar-refractivity contribution in [1.82, 2.24) is 10.4 Å². The number of sulfonamides is 1. The molecule has 0 aliphatic carbocycles. The minimum absolute atomic E-state index is 0.0917. The first-order valence-corrected chi connectivity index (χ1v) is 12.6. The van der Waals surface area contributed by atoms with Gasteiger partial charge in [0.05, 0.1) is 22.3 Å². The highest BCUT2D eigenvalue weighted by Crippen LogP contribution is 2.24. The van der Waals surface area contributed by atoms with Crippen molar-refractivity contribution in [3.8, 4) is 0 Å². The first-order valence-electron chi connectivity index (χ1n) is 10.8. The first-order chi connectivity index (χ1) is 16.7. The molecule has 1 aromatic heterocycles. The summed E-state index contributed by atoms with van der Waals surface area (Å²) in [7, 11) is -4.00. The van der Waals surface area contributed by atoms with E-state index in [1.807, 2.05) is 38.1 Å². The number of carbonyl (C=O) groups excluding carboxylic acids is 1. The van der Waals surface area contributed by atoms with Gasteiger partial charge in [-0.3, -0.25) is 9.10 Å². The normalized spacial score (nSPS) is 11.6. The summed E-state index contributed by atoms with van der Waals surface area (Å²) in [6.45, 7) is 3.31. The minimum Gasteiger partial charge on any atom is -0.271 e. The third-order valence-corrected chi connectivity index (χ3v) is 7.41. The molecule has 35 heavy (non-hydrogen) atoms. The fourth-order valence-corrected chi connectivity index (χ4v) is 5.02. The number of amides is 1. The predicted octanol–water partition coefficient (Wildman–Crippen LogP) is 4.85. The van der Waals surface area contributed by atoms with Gasteiger partial charge in [-0.1, -0.05) is 65.2 Å². The van der Waals surface area contributed by atoms with Crippen LogP contribution in [0, 0.1) is 13.8 Å². The predicted molar refractivity (Wildman–Crippen MR) is 139 cm³/mol. The van der Waals surface area contributed by atoms with Crippen molar-refractivity contribution in [2.45, 2.75) is 18.7 Å². The topological polar surface area (TPSA) is 91.7 Å². The number of hydrogen-bond donors (Lipinski definition) is 1. The molecule has 1 heterocycles. The van der Waals surface area contributed by atoms with Crippen LogP contribution in [0.5, 0.6) is 0 Å². The Bertz CT molecular complexity index is 1500. The number of hydrazone groups is 1. The molecule has 4 aromatic rings. The monoisotopic (exact) mass is 506 g/mol. The Kier molecular flexibility index (Phi) is 7.14. The van der Waals surface area contributed by atoms with Crippen molar-refractivity contribution in [2.24, 2.45) is 5.10 Å². The van der Waals surface area contributed by atoms with Gasteiger partial charge in [-0.05, 0) is 50.2 Å². The van der Waals surface area contributed by atoms with Crippen molar-refractivity contribution in [3.05, 3.63) is 101 Å². The maximum Gasteiger partial charge on any atom is 0.264 e. The van der Waals surface area contributed by atoms with Gasteiger partial charge in [0.2, 0.25) is 0 Å².